The lowest BCUT2D eigenvalue weighted by molar-refractivity contribution is -0.138. The molecule has 0 aliphatic carbocycles. The second-order valence-electron chi connectivity index (χ2n) is 7.52. The second kappa shape index (κ2) is 8.56. The zero-order valence-corrected chi connectivity index (χ0v) is 17.1. The number of carbonyl (C=O) groups is 2. The van der Waals surface area contributed by atoms with Crippen LogP contribution in [-0.4, -0.2) is 52.0 Å². The smallest absolute Gasteiger partial charge is 0.244 e. The van der Waals surface area contributed by atoms with Gasteiger partial charge in [-0.05, 0) is 32.6 Å². The fraction of sp³-hybridized carbons (Fsp3) is 0.476. The topological polar surface area (TPSA) is 70.5 Å². The molecule has 3 rings (SSSR count). The maximum atomic E-state index is 13.3. The molecule has 150 valence electrons. The number of rotatable bonds is 6. The first-order chi connectivity index (χ1) is 13.4. The summed E-state index contributed by atoms with van der Waals surface area (Å²) in [5.74, 6) is 0.110. The van der Waals surface area contributed by atoms with Crippen molar-refractivity contribution in [1.29, 1.82) is 0 Å². The van der Waals surface area contributed by atoms with Crippen molar-refractivity contribution in [2.75, 3.05) is 20.6 Å². The van der Waals surface area contributed by atoms with Crippen LogP contribution in [0, 0.1) is 6.92 Å². The van der Waals surface area contributed by atoms with Gasteiger partial charge >= 0.3 is 0 Å². The zero-order chi connectivity index (χ0) is 20.3. The lowest BCUT2D eigenvalue weighted by Crippen LogP contribution is -2.44. The van der Waals surface area contributed by atoms with Gasteiger partial charge in [-0.15, -0.1) is 0 Å². The van der Waals surface area contributed by atoms with Gasteiger partial charge in [-0.25, -0.2) is 0 Å². The maximum absolute atomic E-state index is 13.3. The molecule has 7 heteroatoms. The Labute approximate surface area is 166 Å². The predicted octanol–water partition coefficient (Wildman–Crippen LogP) is 1.86. The second-order valence-corrected chi connectivity index (χ2v) is 7.52. The van der Waals surface area contributed by atoms with E-state index in [2.05, 4.69) is 16.5 Å². The van der Waals surface area contributed by atoms with Gasteiger partial charge in [0.25, 0.3) is 0 Å². The van der Waals surface area contributed by atoms with Crippen LogP contribution < -0.4 is 5.32 Å². The van der Waals surface area contributed by atoms with Gasteiger partial charge in [-0.2, -0.15) is 5.10 Å². The zero-order valence-electron chi connectivity index (χ0n) is 17.1. The number of nitrogens with zero attached hydrogens (tertiary/aromatic N) is 4. The first-order valence-electron chi connectivity index (χ1n) is 9.73. The molecule has 0 bridgehead atoms. The molecule has 1 unspecified atom stereocenters. The van der Waals surface area contributed by atoms with Crippen LogP contribution in [0.2, 0.25) is 0 Å². The molecule has 28 heavy (non-hydrogen) atoms. The summed E-state index contributed by atoms with van der Waals surface area (Å²) in [4.78, 5) is 28.7. The third-order valence-electron chi connectivity index (χ3n) is 5.06. The Bertz CT molecular complexity index is 858. The molecule has 2 amide bonds. The molecule has 0 saturated carbocycles. The van der Waals surface area contributed by atoms with E-state index in [4.69, 9.17) is 0 Å². The molecule has 1 aliphatic heterocycles. The van der Waals surface area contributed by atoms with Gasteiger partial charge in [0.15, 0.2) is 0 Å². The highest BCUT2D eigenvalue weighted by Gasteiger charge is 2.30. The molecule has 1 aliphatic rings. The number of nitrogens with one attached hydrogen (secondary N) is 1. The number of fused-ring (bicyclic) bond motifs is 1. The summed E-state index contributed by atoms with van der Waals surface area (Å²) in [5.41, 5.74) is 3.99. The molecule has 0 spiro atoms. The summed E-state index contributed by atoms with van der Waals surface area (Å²) in [5, 5.41) is 7.40. The Morgan fingerprint density at radius 3 is 2.71 bits per heavy atom. The average Bonchev–Trinajstić information content (AvgIpc) is 3.08. The van der Waals surface area contributed by atoms with Gasteiger partial charge in [0.1, 0.15) is 6.04 Å². The summed E-state index contributed by atoms with van der Waals surface area (Å²) in [6.45, 7) is 6.11. The number of amides is 2. The maximum Gasteiger partial charge on any atom is 0.244 e. The van der Waals surface area contributed by atoms with Gasteiger partial charge in [-0.3, -0.25) is 19.2 Å². The molecule has 7 nitrogen and oxygen atoms in total. The summed E-state index contributed by atoms with van der Waals surface area (Å²) in [6.07, 6.45) is 0.459. The minimum absolute atomic E-state index is 0.00903. The molecule has 0 radical (unpaired) electrons. The van der Waals surface area contributed by atoms with Crippen LogP contribution in [0.1, 0.15) is 41.9 Å². The number of carbonyl (C=O) groups excluding carboxylic acids is 2. The summed E-state index contributed by atoms with van der Waals surface area (Å²) < 4.78 is 1.94. The molecule has 0 fully saturated rings. The predicted molar refractivity (Wildman–Crippen MR) is 107 cm³/mol. The molecule has 1 atom stereocenters. The van der Waals surface area contributed by atoms with Gasteiger partial charge in [-0.1, -0.05) is 36.8 Å². The van der Waals surface area contributed by atoms with E-state index in [0.717, 1.165) is 22.5 Å². The van der Waals surface area contributed by atoms with Gasteiger partial charge in [0.2, 0.25) is 11.8 Å². The Morgan fingerprint density at radius 1 is 1.25 bits per heavy atom. The molecule has 0 saturated heterocycles. The highest BCUT2D eigenvalue weighted by Crippen LogP contribution is 2.24. The standard InChI is InChI=1S/C21H29N5O2/c1-5-19(27)22-13-17-12-18-14-25(9-10-26(18)23-17)21(28)20(24(3)4)16-8-6-7-15(2)11-16/h6-8,11-12,20H,5,9-10,13-14H2,1-4H3,(H,22,27). The minimum atomic E-state index is -0.308. The van der Waals surface area contributed by atoms with E-state index in [1.165, 1.54) is 0 Å². The quantitative estimate of drug-likeness (QED) is 0.827. The Balaban J connectivity index is 1.74. The largest absolute Gasteiger partial charge is 0.350 e. The van der Waals surface area contributed by atoms with E-state index in [1.54, 1.807) is 0 Å². The fourth-order valence-corrected chi connectivity index (χ4v) is 3.59. The van der Waals surface area contributed by atoms with Crippen LogP contribution in [0.4, 0.5) is 0 Å². The van der Waals surface area contributed by atoms with E-state index < -0.39 is 0 Å². The number of benzene rings is 1. The minimum Gasteiger partial charge on any atom is -0.350 e. The Hall–Kier alpha value is -2.67. The molecule has 2 aromatic rings. The van der Waals surface area contributed by atoms with Crippen LogP contribution in [0.15, 0.2) is 30.3 Å². The van der Waals surface area contributed by atoms with Gasteiger partial charge in [0, 0.05) is 13.0 Å². The number of aryl methyl sites for hydroxylation is 1. The number of likely N-dealkylation sites (N-methyl/N-ethyl adjacent to an activating group) is 1. The first kappa shape index (κ1) is 20.1. The third-order valence-corrected chi connectivity index (χ3v) is 5.06. The molecule has 1 aromatic heterocycles. The van der Waals surface area contributed by atoms with Crippen molar-refractivity contribution in [3.63, 3.8) is 0 Å². The summed E-state index contributed by atoms with van der Waals surface area (Å²) >= 11 is 0. The van der Waals surface area contributed by atoms with Crippen LogP contribution in [0.3, 0.4) is 0 Å². The van der Waals surface area contributed by atoms with E-state index >= 15 is 0 Å². The molecular weight excluding hydrogens is 354 g/mol. The van der Waals surface area contributed by atoms with Crippen molar-refractivity contribution in [2.24, 2.45) is 0 Å². The van der Waals surface area contributed by atoms with E-state index in [1.807, 2.05) is 66.7 Å². The molecule has 1 N–H and O–H groups in total. The summed E-state index contributed by atoms with van der Waals surface area (Å²) in [7, 11) is 3.88. The number of hydrogen-bond donors (Lipinski definition) is 1. The van der Waals surface area contributed by atoms with Crippen LogP contribution >= 0.6 is 0 Å². The monoisotopic (exact) mass is 383 g/mol. The van der Waals surface area contributed by atoms with Crippen molar-refractivity contribution in [3.05, 3.63) is 52.8 Å². The van der Waals surface area contributed by atoms with Crippen molar-refractivity contribution < 1.29 is 9.59 Å². The summed E-state index contributed by atoms with van der Waals surface area (Å²) in [6, 6.07) is 9.80. The normalized spacial score (nSPS) is 14.7. The van der Waals surface area contributed by atoms with Crippen LogP contribution in [-0.2, 0) is 29.2 Å². The molecule has 1 aromatic carbocycles. The van der Waals surface area contributed by atoms with Crippen molar-refractivity contribution in [2.45, 2.75) is 45.9 Å². The van der Waals surface area contributed by atoms with Crippen molar-refractivity contribution in [1.82, 2.24) is 24.9 Å². The SMILES string of the molecule is CCC(=O)NCc1cc2n(n1)CCN(C(=O)C(c1cccc(C)c1)N(C)C)C2. The van der Waals surface area contributed by atoms with Gasteiger partial charge in [0.05, 0.1) is 31.0 Å². The van der Waals surface area contributed by atoms with Crippen molar-refractivity contribution in [3.8, 4) is 0 Å². The highest BCUT2D eigenvalue weighted by molar-refractivity contribution is 5.83. The van der Waals surface area contributed by atoms with E-state index in [0.29, 0.717) is 32.6 Å². The third kappa shape index (κ3) is 4.42. The lowest BCUT2D eigenvalue weighted by atomic mass is 10.0. The fourth-order valence-electron chi connectivity index (χ4n) is 3.59. The Morgan fingerprint density at radius 2 is 2.04 bits per heavy atom. The highest BCUT2D eigenvalue weighted by atomic mass is 16.2. The molecular formula is C21H29N5O2. The Kier molecular flexibility index (Phi) is 6.14. The molecule has 2 heterocycles. The van der Waals surface area contributed by atoms with Crippen molar-refractivity contribution >= 4 is 11.8 Å². The number of hydrogen-bond acceptors (Lipinski definition) is 4. The van der Waals surface area contributed by atoms with E-state index in [-0.39, 0.29) is 17.9 Å². The first-order valence-corrected chi connectivity index (χ1v) is 9.73. The van der Waals surface area contributed by atoms with Crippen LogP contribution in [0.5, 0.6) is 0 Å². The number of aromatic nitrogens is 2. The van der Waals surface area contributed by atoms with E-state index in [9.17, 15) is 9.59 Å². The lowest BCUT2D eigenvalue weighted by Gasteiger charge is -2.33. The van der Waals surface area contributed by atoms with Crippen LogP contribution in [0.25, 0.3) is 0 Å². The average molecular weight is 383 g/mol. The van der Waals surface area contributed by atoms with Gasteiger partial charge < -0.3 is 10.2 Å².